The lowest BCUT2D eigenvalue weighted by molar-refractivity contribution is -0.136. The maximum absolute atomic E-state index is 12.1. The van der Waals surface area contributed by atoms with E-state index in [-0.39, 0.29) is 24.2 Å². The van der Waals surface area contributed by atoms with Crippen molar-refractivity contribution in [2.75, 3.05) is 26.7 Å². The molecule has 2 rings (SSSR count). The standard InChI is InChI=1S/C11H20N2O3/c1-16-9-5-10(12-6-9)11(15)13-4-2-3-8(14)7-13/h8-10,12,14H,2-7H2,1H3. The minimum atomic E-state index is -0.350. The SMILES string of the molecule is COC1CNC(C(=O)N2CCCC(O)C2)C1. The molecule has 2 aliphatic heterocycles. The highest BCUT2D eigenvalue weighted by Gasteiger charge is 2.33. The van der Waals surface area contributed by atoms with E-state index in [4.69, 9.17) is 4.74 Å². The lowest BCUT2D eigenvalue weighted by atomic mass is 10.1. The van der Waals surface area contributed by atoms with E-state index in [9.17, 15) is 9.90 Å². The molecule has 0 aromatic rings. The minimum absolute atomic E-state index is 0.110. The number of methoxy groups -OCH3 is 1. The summed E-state index contributed by atoms with van der Waals surface area (Å²) in [6.07, 6.45) is 2.23. The van der Waals surface area contributed by atoms with Crippen LogP contribution in [0.2, 0.25) is 0 Å². The monoisotopic (exact) mass is 228 g/mol. The number of amides is 1. The first-order valence-corrected chi connectivity index (χ1v) is 5.93. The lowest BCUT2D eigenvalue weighted by Crippen LogP contribution is -2.49. The zero-order chi connectivity index (χ0) is 11.5. The van der Waals surface area contributed by atoms with E-state index in [1.807, 2.05) is 0 Å². The first-order chi connectivity index (χ1) is 7.70. The largest absolute Gasteiger partial charge is 0.391 e. The number of carbonyl (C=O) groups excluding carboxylic acids is 1. The van der Waals surface area contributed by atoms with Crippen LogP contribution in [0, 0.1) is 0 Å². The molecule has 92 valence electrons. The summed E-state index contributed by atoms with van der Waals surface area (Å²) in [4.78, 5) is 13.9. The molecule has 0 radical (unpaired) electrons. The number of β-amino-alcohol motifs (C(OH)–C–C–N with tert-alkyl or cyclic N) is 1. The number of nitrogens with zero attached hydrogens (tertiary/aromatic N) is 1. The third kappa shape index (κ3) is 2.53. The van der Waals surface area contributed by atoms with E-state index in [2.05, 4.69) is 5.32 Å². The maximum atomic E-state index is 12.1. The zero-order valence-electron chi connectivity index (χ0n) is 9.69. The summed E-state index contributed by atoms with van der Waals surface area (Å²) in [5, 5.41) is 12.7. The molecule has 5 nitrogen and oxygen atoms in total. The molecule has 16 heavy (non-hydrogen) atoms. The van der Waals surface area contributed by atoms with Gasteiger partial charge in [-0.05, 0) is 19.3 Å². The number of hydrogen-bond donors (Lipinski definition) is 2. The van der Waals surface area contributed by atoms with Crippen molar-refractivity contribution in [1.29, 1.82) is 0 Å². The fourth-order valence-corrected chi connectivity index (χ4v) is 2.45. The molecule has 2 N–H and O–H groups in total. The quantitative estimate of drug-likeness (QED) is 0.659. The van der Waals surface area contributed by atoms with Gasteiger partial charge in [0.1, 0.15) is 0 Å². The minimum Gasteiger partial charge on any atom is -0.391 e. The van der Waals surface area contributed by atoms with E-state index in [1.165, 1.54) is 0 Å². The second kappa shape index (κ2) is 5.12. The normalized spacial score (nSPS) is 35.4. The number of piperidine rings is 1. The second-order valence-corrected chi connectivity index (χ2v) is 4.63. The van der Waals surface area contributed by atoms with Gasteiger partial charge in [-0.3, -0.25) is 4.79 Å². The molecule has 5 heteroatoms. The summed E-state index contributed by atoms with van der Waals surface area (Å²) in [6.45, 7) is 1.99. The van der Waals surface area contributed by atoms with Gasteiger partial charge in [-0.15, -0.1) is 0 Å². The van der Waals surface area contributed by atoms with Gasteiger partial charge in [0.05, 0.1) is 18.2 Å². The van der Waals surface area contributed by atoms with Crippen LogP contribution >= 0.6 is 0 Å². The van der Waals surface area contributed by atoms with Crippen LogP contribution in [-0.2, 0) is 9.53 Å². The van der Waals surface area contributed by atoms with Crippen molar-refractivity contribution in [3.63, 3.8) is 0 Å². The number of aliphatic hydroxyl groups is 1. The van der Waals surface area contributed by atoms with Crippen molar-refractivity contribution < 1.29 is 14.6 Å². The maximum Gasteiger partial charge on any atom is 0.239 e. The molecule has 0 aliphatic carbocycles. The van der Waals surface area contributed by atoms with Crippen LogP contribution in [0.1, 0.15) is 19.3 Å². The predicted molar refractivity (Wildman–Crippen MR) is 59.0 cm³/mol. The van der Waals surface area contributed by atoms with Crippen molar-refractivity contribution in [1.82, 2.24) is 10.2 Å². The average Bonchev–Trinajstić information content (AvgIpc) is 2.76. The number of ether oxygens (including phenoxy) is 1. The first kappa shape index (κ1) is 11.8. The molecule has 2 saturated heterocycles. The Labute approximate surface area is 95.8 Å². The number of rotatable bonds is 2. The van der Waals surface area contributed by atoms with Crippen molar-refractivity contribution in [2.24, 2.45) is 0 Å². The number of carbonyl (C=O) groups is 1. The molecule has 2 heterocycles. The van der Waals surface area contributed by atoms with E-state index in [0.29, 0.717) is 6.54 Å². The van der Waals surface area contributed by atoms with Gasteiger partial charge in [-0.25, -0.2) is 0 Å². The lowest BCUT2D eigenvalue weighted by Gasteiger charge is -2.32. The second-order valence-electron chi connectivity index (χ2n) is 4.63. The Hall–Kier alpha value is -0.650. The third-order valence-corrected chi connectivity index (χ3v) is 3.43. The highest BCUT2D eigenvalue weighted by Crippen LogP contribution is 2.16. The number of nitrogens with one attached hydrogen (secondary N) is 1. The molecule has 2 fully saturated rings. The zero-order valence-corrected chi connectivity index (χ0v) is 9.69. The van der Waals surface area contributed by atoms with Gasteiger partial charge in [0.2, 0.25) is 5.91 Å². The van der Waals surface area contributed by atoms with Gasteiger partial charge in [-0.2, -0.15) is 0 Å². The van der Waals surface area contributed by atoms with Gasteiger partial charge < -0.3 is 20.1 Å². The number of likely N-dealkylation sites (tertiary alicyclic amines) is 1. The van der Waals surface area contributed by atoms with Crippen LogP contribution in [0.3, 0.4) is 0 Å². The predicted octanol–water partition coefficient (Wildman–Crippen LogP) is -0.653. The van der Waals surface area contributed by atoms with E-state index in [0.717, 1.165) is 32.4 Å². The summed E-state index contributed by atoms with van der Waals surface area (Å²) in [5.41, 5.74) is 0. The fraction of sp³-hybridized carbons (Fsp3) is 0.909. The van der Waals surface area contributed by atoms with Crippen molar-refractivity contribution in [3.8, 4) is 0 Å². The molecule has 1 amide bonds. The van der Waals surface area contributed by atoms with Crippen LogP contribution in [0.5, 0.6) is 0 Å². The van der Waals surface area contributed by atoms with Crippen molar-refractivity contribution in [2.45, 2.75) is 37.5 Å². The Bertz CT molecular complexity index is 260. The number of hydrogen-bond acceptors (Lipinski definition) is 4. The molecule has 3 unspecified atom stereocenters. The summed E-state index contributed by atoms with van der Waals surface area (Å²) in [6, 6.07) is -0.129. The van der Waals surface area contributed by atoms with E-state index < -0.39 is 0 Å². The smallest absolute Gasteiger partial charge is 0.239 e. The van der Waals surface area contributed by atoms with Gasteiger partial charge >= 0.3 is 0 Å². The average molecular weight is 228 g/mol. The Balaban J connectivity index is 1.87. The highest BCUT2D eigenvalue weighted by molar-refractivity contribution is 5.82. The van der Waals surface area contributed by atoms with Gasteiger partial charge in [0.15, 0.2) is 0 Å². The van der Waals surface area contributed by atoms with Crippen LogP contribution in [0.15, 0.2) is 0 Å². The molecule has 0 aromatic carbocycles. The summed E-state index contributed by atoms with van der Waals surface area (Å²) >= 11 is 0. The third-order valence-electron chi connectivity index (χ3n) is 3.43. The van der Waals surface area contributed by atoms with Crippen LogP contribution in [0.4, 0.5) is 0 Å². The Morgan fingerprint density at radius 1 is 1.56 bits per heavy atom. The molecule has 0 bridgehead atoms. The van der Waals surface area contributed by atoms with Gasteiger partial charge in [0.25, 0.3) is 0 Å². The Kier molecular flexibility index (Phi) is 3.78. The molecular weight excluding hydrogens is 208 g/mol. The summed E-state index contributed by atoms with van der Waals surface area (Å²) in [5.74, 6) is 0.110. The highest BCUT2D eigenvalue weighted by atomic mass is 16.5. The first-order valence-electron chi connectivity index (χ1n) is 5.93. The molecule has 0 spiro atoms. The number of aliphatic hydroxyl groups excluding tert-OH is 1. The van der Waals surface area contributed by atoms with Crippen LogP contribution < -0.4 is 5.32 Å². The molecule has 0 saturated carbocycles. The van der Waals surface area contributed by atoms with Gasteiger partial charge in [0, 0.05) is 26.7 Å². The summed E-state index contributed by atoms with van der Waals surface area (Å²) < 4.78 is 5.22. The molecular formula is C11H20N2O3. The summed E-state index contributed by atoms with van der Waals surface area (Å²) in [7, 11) is 1.67. The molecule has 3 atom stereocenters. The Morgan fingerprint density at radius 3 is 3.00 bits per heavy atom. The van der Waals surface area contributed by atoms with E-state index in [1.54, 1.807) is 12.0 Å². The molecule has 2 aliphatic rings. The van der Waals surface area contributed by atoms with Gasteiger partial charge in [-0.1, -0.05) is 0 Å². The topological polar surface area (TPSA) is 61.8 Å². The van der Waals surface area contributed by atoms with E-state index >= 15 is 0 Å². The Morgan fingerprint density at radius 2 is 2.38 bits per heavy atom. The fourth-order valence-electron chi connectivity index (χ4n) is 2.45. The van der Waals surface area contributed by atoms with Crippen molar-refractivity contribution in [3.05, 3.63) is 0 Å². The molecule has 0 aromatic heterocycles. The van der Waals surface area contributed by atoms with Crippen LogP contribution in [-0.4, -0.2) is 60.9 Å². The van der Waals surface area contributed by atoms with Crippen molar-refractivity contribution >= 4 is 5.91 Å². The van der Waals surface area contributed by atoms with Crippen LogP contribution in [0.25, 0.3) is 0 Å².